The van der Waals surface area contributed by atoms with Crippen LogP contribution in [0, 0.1) is 5.82 Å². The van der Waals surface area contributed by atoms with Crippen LogP contribution in [-0.4, -0.2) is 30.9 Å². The van der Waals surface area contributed by atoms with Gasteiger partial charge >= 0.3 is 5.97 Å². The van der Waals surface area contributed by atoms with Gasteiger partial charge < -0.3 is 9.47 Å². The van der Waals surface area contributed by atoms with E-state index in [1.54, 1.807) is 25.1 Å². The normalized spacial score (nSPS) is 16.2. The van der Waals surface area contributed by atoms with Gasteiger partial charge in [-0.05, 0) is 42.1 Å². The number of thiazole rings is 1. The topological polar surface area (TPSA) is 69.9 Å². The van der Waals surface area contributed by atoms with Crippen LogP contribution in [-0.2, 0) is 14.3 Å². The summed E-state index contributed by atoms with van der Waals surface area (Å²) >= 11 is 2.69. The van der Waals surface area contributed by atoms with E-state index >= 15 is 0 Å². The van der Waals surface area contributed by atoms with Gasteiger partial charge in [0.05, 0.1) is 22.4 Å². The molecule has 0 radical (unpaired) electrons. The lowest BCUT2D eigenvalue weighted by Crippen LogP contribution is -2.39. The second-order valence-corrected chi connectivity index (χ2v) is 8.77. The Hall–Kier alpha value is -2.88. The number of rotatable bonds is 6. The summed E-state index contributed by atoms with van der Waals surface area (Å²) in [6.45, 7) is 2.13. The van der Waals surface area contributed by atoms with Gasteiger partial charge in [-0.25, -0.2) is 14.2 Å². The first kappa shape index (κ1) is 21.4. The SMILES string of the molecule is COCCOC(=O)C1=C(C)N=c2s/c(=C/c3ccc(F)cc3)c(=O)n2[C@@H]1c1cccs1. The number of halogens is 1. The molecule has 3 heterocycles. The van der Waals surface area contributed by atoms with Gasteiger partial charge in [0.25, 0.3) is 5.56 Å². The molecule has 9 heteroatoms. The van der Waals surface area contributed by atoms with Gasteiger partial charge in [-0.2, -0.15) is 0 Å². The summed E-state index contributed by atoms with van der Waals surface area (Å²) in [7, 11) is 1.53. The fourth-order valence-electron chi connectivity index (χ4n) is 3.30. The highest BCUT2D eigenvalue weighted by atomic mass is 32.1. The molecule has 4 rings (SSSR count). The molecule has 0 bridgehead atoms. The molecular formula is C22H19FN2O4S2. The third-order valence-corrected chi connectivity index (χ3v) is 6.65. The Morgan fingerprint density at radius 1 is 1.26 bits per heavy atom. The van der Waals surface area contributed by atoms with Gasteiger partial charge in [0.2, 0.25) is 0 Å². The largest absolute Gasteiger partial charge is 0.460 e. The summed E-state index contributed by atoms with van der Waals surface area (Å²) in [5.41, 5.74) is 1.28. The number of benzene rings is 1. The second-order valence-electron chi connectivity index (χ2n) is 6.78. The average Bonchev–Trinajstić information content (AvgIpc) is 3.38. The Morgan fingerprint density at radius 3 is 2.71 bits per heavy atom. The van der Waals surface area contributed by atoms with Gasteiger partial charge in [0.15, 0.2) is 4.80 Å². The molecule has 1 atom stereocenters. The maximum atomic E-state index is 13.3. The van der Waals surface area contributed by atoms with E-state index in [0.717, 1.165) is 4.88 Å². The number of fused-ring (bicyclic) bond motifs is 1. The van der Waals surface area contributed by atoms with Crippen LogP contribution in [0.1, 0.15) is 23.4 Å². The molecule has 0 saturated carbocycles. The number of nitrogens with zero attached hydrogens (tertiary/aromatic N) is 2. The van der Waals surface area contributed by atoms with Crippen LogP contribution in [0.4, 0.5) is 4.39 Å². The predicted molar refractivity (Wildman–Crippen MR) is 117 cm³/mol. The molecule has 0 N–H and O–H groups in total. The van der Waals surface area contributed by atoms with E-state index in [1.165, 1.54) is 46.5 Å². The number of carbonyl (C=O) groups excluding carboxylic acids is 1. The molecule has 1 aliphatic heterocycles. The number of allylic oxidation sites excluding steroid dienone is 1. The smallest absolute Gasteiger partial charge is 0.338 e. The molecule has 0 unspecified atom stereocenters. The molecule has 2 aromatic heterocycles. The zero-order valence-electron chi connectivity index (χ0n) is 16.8. The minimum absolute atomic E-state index is 0.109. The van der Waals surface area contributed by atoms with Crippen LogP contribution in [0.2, 0.25) is 0 Å². The van der Waals surface area contributed by atoms with Crippen molar-refractivity contribution in [2.75, 3.05) is 20.3 Å². The molecule has 0 saturated heterocycles. The van der Waals surface area contributed by atoms with Crippen molar-refractivity contribution in [2.45, 2.75) is 13.0 Å². The zero-order valence-corrected chi connectivity index (χ0v) is 18.5. The van der Waals surface area contributed by atoms with Crippen molar-refractivity contribution in [1.82, 2.24) is 4.57 Å². The Morgan fingerprint density at radius 2 is 2.03 bits per heavy atom. The third kappa shape index (κ3) is 4.30. The van der Waals surface area contributed by atoms with Crippen molar-refractivity contribution in [3.8, 4) is 0 Å². The van der Waals surface area contributed by atoms with Crippen LogP contribution in [0.15, 0.2) is 62.8 Å². The van der Waals surface area contributed by atoms with Crippen molar-refractivity contribution in [3.63, 3.8) is 0 Å². The number of hydrogen-bond donors (Lipinski definition) is 0. The molecule has 0 aliphatic carbocycles. The first-order chi connectivity index (χ1) is 15.0. The molecule has 31 heavy (non-hydrogen) atoms. The lowest BCUT2D eigenvalue weighted by Gasteiger charge is -2.23. The van der Waals surface area contributed by atoms with E-state index in [-0.39, 0.29) is 24.6 Å². The van der Waals surface area contributed by atoms with Crippen LogP contribution in [0.25, 0.3) is 6.08 Å². The van der Waals surface area contributed by atoms with Gasteiger partial charge in [-0.15, -0.1) is 11.3 Å². The number of esters is 1. The Kier molecular flexibility index (Phi) is 6.26. The average molecular weight is 459 g/mol. The molecule has 0 fully saturated rings. The number of carbonyl (C=O) groups is 1. The molecule has 0 amide bonds. The zero-order chi connectivity index (χ0) is 22.0. The van der Waals surface area contributed by atoms with E-state index in [0.29, 0.717) is 26.2 Å². The van der Waals surface area contributed by atoms with Crippen molar-refractivity contribution >= 4 is 34.7 Å². The molecular weight excluding hydrogens is 439 g/mol. The van der Waals surface area contributed by atoms with E-state index in [4.69, 9.17) is 9.47 Å². The predicted octanol–water partition coefficient (Wildman–Crippen LogP) is 2.63. The lowest BCUT2D eigenvalue weighted by molar-refractivity contribution is -0.140. The quantitative estimate of drug-likeness (QED) is 0.421. The van der Waals surface area contributed by atoms with E-state index in [2.05, 4.69) is 4.99 Å². The second kappa shape index (κ2) is 9.09. The lowest BCUT2D eigenvalue weighted by atomic mass is 10.0. The van der Waals surface area contributed by atoms with Gasteiger partial charge in [0, 0.05) is 12.0 Å². The standard InChI is InChI=1S/C22H19FN2O4S2/c1-13-18(21(27)29-10-9-28-2)19(16-4-3-11-30-16)25-20(26)17(31-22(25)24-13)12-14-5-7-15(23)8-6-14/h3-8,11-12,19H,9-10H2,1-2H3/b17-12+/t19-/m1/s1. The highest BCUT2D eigenvalue weighted by Gasteiger charge is 2.33. The van der Waals surface area contributed by atoms with E-state index in [1.807, 2.05) is 17.5 Å². The van der Waals surface area contributed by atoms with Gasteiger partial charge in [0.1, 0.15) is 18.5 Å². The fourth-order valence-corrected chi connectivity index (χ4v) is 5.17. The number of ether oxygens (including phenoxy) is 2. The number of aromatic nitrogens is 1. The summed E-state index contributed by atoms with van der Waals surface area (Å²) < 4.78 is 25.5. The first-order valence-electron chi connectivity index (χ1n) is 9.47. The Labute approximate surface area is 185 Å². The summed E-state index contributed by atoms with van der Waals surface area (Å²) in [6, 6.07) is 9.03. The fraction of sp³-hybridized carbons (Fsp3) is 0.227. The first-order valence-corrected chi connectivity index (χ1v) is 11.2. The highest BCUT2D eigenvalue weighted by molar-refractivity contribution is 7.10. The van der Waals surface area contributed by atoms with Crippen LogP contribution in [0.3, 0.4) is 0 Å². The van der Waals surface area contributed by atoms with Crippen molar-refractivity contribution in [3.05, 3.63) is 89.0 Å². The van der Waals surface area contributed by atoms with Crippen LogP contribution < -0.4 is 14.9 Å². The van der Waals surface area contributed by atoms with E-state index in [9.17, 15) is 14.0 Å². The minimum atomic E-state index is -0.623. The van der Waals surface area contributed by atoms with Crippen molar-refractivity contribution < 1.29 is 18.7 Å². The van der Waals surface area contributed by atoms with E-state index < -0.39 is 12.0 Å². The summed E-state index contributed by atoms with van der Waals surface area (Å²) in [4.78, 5) is 32.1. The van der Waals surface area contributed by atoms with Crippen molar-refractivity contribution in [2.24, 2.45) is 4.99 Å². The number of thiophene rings is 1. The number of hydrogen-bond acceptors (Lipinski definition) is 7. The Bertz CT molecular complexity index is 1300. The van der Waals surface area contributed by atoms with Gasteiger partial charge in [-0.1, -0.05) is 29.5 Å². The van der Waals surface area contributed by atoms with Gasteiger partial charge in [-0.3, -0.25) is 9.36 Å². The summed E-state index contributed by atoms with van der Waals surface area (Å²) in [5, 5.41) is 1.90. The summed E-state index contributed by atoms with van der Waals surface area (Å²) in [5.74, 6) is -0.868. The third-order valence-electron chi connectivity index (χ3n) is 4.74. The maximum absolute atomic E-state index is 13.3. The van der Waals surface area contributed by atoms with Crippen molar-refractivity contribution in [1.29, 1.82) is 0 Å². The van der Waals surface area contributed by atoms with Crippen LogP contribution >= 0.6 is 22.7 Å². The maximum Gasteiger partial charge on any atom is 0.338 e. The monoisotopic (exact) mass is 458 g/mol. The van der Waals surface area contributed by atoms with Crippen LogP contribution in [0.5, 0.6) is 0 Å². The summed E-state index contributed by atoms with van der Waals surface area (Å²) in [6.07, 6.45) is 1.70. The molecule has 1 aromatic carbocycles. The Balaban J connectivity index is 1.84. The molecule has 1 aliphatic rings. The molecule has 3 aromatic rings. The minimum Gasteiger partial charge on any atom is -0.460 e. The molecule has 6 nitrogen and oxygen atoms in total. The highest BCUT2D eigenvalue weighted by Crippen LogP contribution is 2.33. The molecule has 160 valence electrons. The molecule has 0 spiro atoms. The number of methoxy groups -OCH3 is 1.